The van der Waals surface area contributed by atoms with E-state index in [1.165, 1.54) is 85.9 Å². The molecule has 0 unspecified atom stereocenters. The zero-order valence-electron chi connectivity index (χ0n) is 30.6. The maximum Gasteiger partial charge on any atom is 0.0540 e. The summed E-state index contributed by atoms with van der Waals surface area (Å²) < 4.78 is 2.61. The summed E-state index contributed by atoms with van der Waals surface area (Å²) in [6.07, 6.45) is 0. The van der Waals surface area contributed by atoms with Gasteiger partial charge >= 0.3 is 0 Å². The Hall–Kier alpha value is -7.00. The summed E-state index contributed by atoms with van der Waals surface area (Å²) in [5.41, 5.74) is 10.8. The zero-order chi connectivity index (χ0) is 37.0. The third-order valence-electron chi connectivity index (χ3n) is 11.2. The Balaban J connectivity index is 1.11. The van der Waals surface area contributed by atoms with Crippen LogP contribution in [0.15, 0.2) is 212 Å². The van der Waals surface area contributed by atoms with Crippen molar-refractivity contribution in [2.45, 2.75) is 0 Å². The van der Waals surface area contributed by atoms with E-state index < -0.39 is 0 Å². The molecule has 0 bridgehead atoms. The van der Waals surface area contributed by atoms with Gasteiger partial charge in [0.2, 0.25) is 0 Å². The summed E-state index contributed by atoms with van der Waals surface area (Å²) in [5, 5.41) is 10.1. The fourth-order valence-corrected chi connectivity index (χ4v) is 9.75. The van der Waals surface area contributed by atoms with E-state index >= 15 is 0 Å². The molecule has 1 nitrogen and oxygen atoms in total. The quantitative estimate of drug-likeness (QED) is 0.165. The molecule has 0 amide bonds. The Bertz CT molecular complexity index is 3240. The Morgan fingerprint density at radius 2 is 0.875 bits per heavy atom. The van der Waals surface area contributed by atoms with Gasteiger partial charge in [-0.15, -0.1) is 11.3 Å². The number of hydrogen-bond donors (Lipinski definition) is 0. The molecule has 262 valence electrons. The van der Waals surface area contributed by atoms with E-state index in [1.54, 1.807) is 0 Å². The van der Waals surface area contributed by atoms with Crippen LogP contribution in [0.2, 0.25) is 0 Å². The minimum Gasteiger partial charge on any atom is -0.310 e. The molecular formula is C54H35NS. The highest BCUT2D eigenvalue weighted by Gasteiger charge is 2.20. The topological polar surface area (TPSA) is 3.24 Å². The lowest BCUT2D eigenvalue weighted by Gasteiger charge is -2.27. The smallest absolute Gasteiger partial charge is 0.0540 e. The molecule has 56 heavy (non-hydrogen) atoms. The van der Waals surface area contributed by atoms with Crippen molar-refractivity contribution >= 4 is 80.9 Å². The van der Waals surface area contributed by atoms with Crippen LogP contribution in [-0.4, -0.2) is 0 Å². The van der Waals surface area contributed by atoms with Gasteiger partial charge < -0.3 is 4.90 Å². The van der Waals surface area contributed by atoms with E-state index in [2.05, 4.69) is 217 Å². The fraction of sp³-hybridized carbons (Fsp3) is 0. The highest BCUT2D eigenvalue weighted by Crippen LogP contribution is 2.47. The SMILES string of the molecule is c1ccc(-c2ccc(-c3cccc(N(c4ccc5sc6c7ccccc7c(-c7cccc8ccccc78)cc6c5c4)c4cccc5ccccc45)c3)cc2)cc1. The average Bonchev–Trinajstić information content (AvgIpc) is 3.65. The van der Waals surface area contributed by atoms with Crippen molar-refractivity contribution in [3.8, 4) is 33.4 Å². The molecular weight excluding hydrogens is 695 g/mol. The second-order valence-corrected chi connectivity index (χ2v) is 15.5. The summed E-state index contributed by atoms with van der Waals surface area (Å²) in [7, 11) is 0. The number of thiophene rings is 1. The van der Waals surface area contributed by atoms with E-state index in [0.717, 1.165) is 17.1 Å². The predicted molar refractivity (Wildman–Crippen MR) is 243 cm³/mol. The van der Waals surface area contributed by atoms with E-state index in [0.29, 0.717) is 0 Å². The van der Waals surface area contributed by atoms with E-state index in [9.17, 15) is 0 Å². The Morgan fingerprint density at radius 3 is 1.68 bits per heavy atom. The largest absolute Gasteiger partial charge is 0.310 e. The van der Waals surface area contributed by atoms with Gasteiger partial charge in [-0.25, -0.2) is 0 Å². The van der Waals surface area contributed by atoms with Crippen molar-refractivity contribution in [2.24, 2.45) is 0 Å². The Kier molecular flexibility index (Phi) is 7.75. The van der Waals surface area contributed by atoms with Crippen LogP contribution in [-0.2, 0) is 0 Å². The van der Waals surface area contributed by atoms with Crippen LogP contribution in [0.4, 0.5) is 17.1 Å². The molecule has 2 heteroatoms. The molecule has 0 radical (unpaired) electrons. The molecule has 0 saturated heterocycles. The molecule has 0 aliphatic heterocycles. The standard InChI is InChI=1S/C54H35NS/c1-2-13-36(14-3-1)37-27-29-38(30-28-37)41-19-10-20-42(33-41)55(52-26-12-18-40-16-5-7-22-45(40)52)43-31-32-53-50(34-43)51-35-49(47-23-8-9-24-48(47)54(51)56-53)46-25-11-17-39-15-4-6-21-44(39)46/h1-35H. The minimum atomic E-state index is 1.12. The lowest BCUT2D eigenvalue weighted by atomic mass is 9.92. The second kappa shape index (κ2) is 13.4. The summed E-state index contributed by atoms with van der Waals surface area (Å²) in [6.45, 7) is 0. The van der Waals surface area contributed by atoms with Crippen molar-refractivity contribution < 1.29 is 0 Å². The molecule has 0 fully saturated rings. The van der Waals surface area contributed by atoms with Gasteiger partial charge in [0, 0.05) is 42.3 Å². The number of rotatable bonds is 6. The summed E-state index contributed by atoms with van der Waals surface area (Å²) in [6, 6.07) is 77.7. The molecule has 0 atom stereocenters. The van der Waals surface area contributed by atoms with Gasteiger partial charge in [0.1, 0.15) is 0 Å². The predicted octanol–water partition coefficient (Wildman–Crippen LogP) is 16.0. The number of fused-ring (bicyclic) bond motifs is 7. The molecule has 0 N–H and O–H groups in total. The van der Waals surface area contributed by atoms with Gasteiger partial charge in [-0.2, -0.15) is 0 Å². The van der Waals surface area contributed by atoms with Crippen molar-refractivity contribution in [3.05, 3.63) is 212 Å². The van der Waals surface area contributed by atoms with Crippen molar-refractivity contribution in [2.75, 3.05) is 4.90 Å². The van der Waals surface area contributed by atoms with Crippen LogP contribution in [0.5, 0.6) is 0 Å². The first-order chi connectivity index (χ1) is 27.8. The monoisotopic (exact) mass is 729 g/mol. The molecule has 10 aromatic carbocycles. The normalized spacial score (nSPS) is 11.6. The number of hydrogen-bond acceptors (Lipinski definition) is 2. The Labute approximate surface area is 330 Å². The van der Waals surface area contributed by atoms with Crippen molar-refractivity contribution in [1.29, 1.82) is 0 Å². The third-order valence-corrected chi connectivity index (χ3v) is 12.5. The van der Waals surface area contributed by atoms with Crippen LogP contribution < -0.4 is 4.90 Å². The molecule has 1 aromatic heterocycles. The van der Waals surface area contributed by atoms with Crippen LogP contribution in [0.3, 0.4) is 0 Å². The van der Waals surface area contributed by atoms with Gasteiger partial charge in [0.25, 0.3) is 0 Å². The zero-order valence-corrected chi connectivity index (χ0v) is 31.4. The van der Waals surface area contributed by atoms with Crippen LogP contribution >= 0.6 is 11.3 Å². The van der Waals surface area contributed by atoms with Gasteiger partial charge in [-0.05, 0) is 97.4 Å². The van der Waals surface area contributed by atoms with Gasteiger partial charge in [0.05, 0.1) is 5.69 Å². The molecule has 0 aliphatic carbocycles. The molecule has 11 aromatic rings. The number of nitrogens with zero attached hydrogens (tertiary/aromatic N) is 1. The van der Waals surface area contributed by atoms with E-state index in [1.807, 2.05) is 11.3 Å². The van der Waals surface area contributed by atoms with Crippen LogP contribution in [0, 0.1) is 0 Å². The number of benzene rings is 10. The van der Waals surface area contributed by atoms with Gasteiger partial charge in [0.15, 0.2) is 0 Å². The first-order valence-corrected chi connectivity index (χ1v) is 20.0. The van der Waals surface area contributed by atoms with Crippen LogP contribution in [0.25, 0.3) is 85.9 Å². The summed E-state index contributed by atoms with van der Waals surface area (Å²) >= 11 is 1.89. The highest BCUT2D eigenvalue weighted by atomic mass is 32.1. The average molecular weight is 730 g/mol. The number of anilines is 3. The minimum absolute atomic E-state index is 1.12. The summed E-state index contributed by atoms with van der Waals surface area (Å²) in [4.78, 5) is 2.44. The first-order valence-electron chi connectivity index (χ1n) is 19.2. The maximum atomic E-state index is 2.45. The van der Waals surface area contributed by atoms with Crippen molar-refractivity contribution in [3.63, 3.8) is 0 Å². The Morgan fingerprint density at radius 1 is 0.304 bits per heavy atom. The molecule has 11 rings (SSSR count). The second-order valence-electron chi connectivity index (χ2n) is 14.5. The third kappa shape index (κ3) is 5.46. The molecule has 0 saturated carbocycles. The highest BCUT2D eigenvalue weighted by molar-refractivity contribution is 7.26. The lowest BCUT2D eigenvalue weighted by molar-refractivity contribution is 1.30. The lowest BCUT2D eigenvalue weighted by Crippen LogP contribution is -2.10. The maximum absolute atomic E-state index is 2.45. The van der Waals surface area contributed by atoms with Crippen LogP contribution in [0.1, 0.15) is 0 Å². The molecule has 0 spiro atoms. The first kappa shape index (κ1) is 32.4. The fourth-order valence-electron chi connectivity index (χ4n) is 8.55. The molecule has 1 heterocycles. The van der Waals surface area contributed by atoms with Gasteiger partial charge in [-0.1, -0.05) is 170 Å². The van der Waals surface area contributed by atoms with E-state index in [-0.39, 0.29) is 0 Å². The van der Waals surface area contributed by atoms with E-state index in [4.69, 9.17) is 0 Å². The molecule has 0 aliphatic rings. The van der Waals surface area contributed by atoms with Gasteiger partial charge in [-0.3, -0.25) is 0 Å². The summed E-state index contributed by atoms with van der Waals surface area (Å²) in [5.74, 6) is 0. The van der Waals surface area contributed by atoms with Crippen molar-refractivity contribution in [1.82, 2.24) is 0 Å².